The Balaban J connectivity index is 1.97. The lowest BCUT2D eigenvalue weighted by molar-refractivity contribution is 0.0904. The topological polar surface area (TPSA) is 53.1 Å². The molecule has 1 aromatic carbocycles. The van der Waals surface area contributed by atoms with Crippen LogP contribution in [0, 0.1) is 0 Å². The molecule has 2 N–H and O–H groups in total. The van der Waals surface area contributed by atoms with Crippen LogP contribution in [0.25, 0.3) is 10.9 Å². The number of aromatic amines is 1. The first-order valence-electron chi connectivity index (χ1n) is 7.04. The molecule has 0 unspecified atom stereocenters. The summed E-state index contributed by atoms with van der Waals surface area (Å²) in [7, 11) is 0. The number of aliphatic hydroxyl groups is 1. The van der Waals surface area contributed by atoms with Gasteiger partial charge in [0.25, 0.3) is 0 Å². The second-order valence-electron chi connectivity index (χ2n) is 5.42. The number of carbonyl (C=O) groups is 1. The highest BCUT2D eigenvalue weighted by Crippen LogP contribution is 2.36. The van der Waals surface area contributed by atoms with Crippen LogP contribution in [0.1, 0.15) is 53.9 Å². The zero-order valence-corrected chi connectivity index (χ0v) is 11.0. The zero-order chi connectivity index (χ0) is 13.2. The van der Waals surface area contributed by atoms with E-state index < -0.39 is 6.61 Å². The van der Waals surface area contributed by atoms with E-state index >= 15 is 0 Å². The fraction of sp³-hybridized carbons (Fsp3) is 0.438. The molecule has 1 aliphatic carbocycles. The third-order valence-corrected chi connectivity index (χ3v) is 4.22. The molecule has 0 amide bonds. The van der Waals surface area contributed by atoms with Crippen LogP contribution in [-0.4, -0.2) is 22.5 Å². The van der Waals surface area contributed by atoms with E-state index in [1.807, 2.05) is 18.2 Å². The van der Waals surface area contributed by atoms with E-state index in [-0.39, 0.29) is 5.78 Å². The van der Waals surface area contributed by atoms with Crippen LogP contribution in [0.3, 0.4) is 0 Å². The van der Waals surface area contributed by atoms with E-state index in [2.05, 4.69) is 11.2 Å². The van der Waals surface area contributed by atoms with E-state index in [9.17, 15) is 4.79 Å². The van der Waals surface area contributed by atoms with Crippen molar-refractivity contribution < 1.29 is 9.90 Å². The molecule has 2 aromatic rings. The third-order valence-electron chi connectivity index (χ3n) is 4.22. The van der Waals surface area contributed by atoms with Crippen LogP contribution in [0.4, 0.5) is 0 Å². The maximum atomic E-state index is 11.5. The van der Waals surface area contributed by atoms with Gasteiger partial charge in [0.1, 0.15) is 6.61 Å². The van der Waals surface area contributed by atoms with Gasteiger partial charge in [-0.2, -0.15) is 0 Å². The molecule has 0 bridgehead atoms. The maximum absolute atomic E-state index is 11.5. The number of aromatic nitrogens is 1. The van der Waals surface area contributed by atoms with E-state index in [4.69, 9.17) is 5.11 Å². The molecule has 0 saturated heterocycles. The Morgan fingerprint density at radius 2 is 2.05 bits per heavy atom. The third kappa shape index (κ3) is 2.30. The Morgan fingerprint density at radius 1 is 1.26 bits per heavy atom. The highest BCUT2D eigenvalue weighted by molar-refractivity contribution is 6.00. The lowest BCUT2D eigenvalue weighted by Gasteiger charge is -2.21. The van der Waals surface area contributed by atoms with Crippen LogP contribution in [0.15, 0.2) is 24.4 Å². The van der Waals surface area contributed by atoms with Crippen LogP contribution in [-0.2, 0) is 0 Å². The maximum Gasteiger partial charge on any atom is 0.188 e. The van der Waals surface area contributed by atoms with Gasteiger partial charge in [-0.15, -0.1) is 0 Å². The minimum Gasteiger partial charge on any atom is -0.388 e. The van der Waals surface area contributed by atoms with E-state index in [1.165, 1.54) is 43.1 Å². The molecule has 1 fully saturated rings. The second-order valence-corrected chi connectivity index (χ2v) is 5.42. The summed E-state index contributed by atoms with van der Waals surface area (Å²) in [6.45, 7) is -0.429. The summed E-state index contributed by atoms with van der Waals surface area (Å²) in [5, 5.41) is 10.1. The Kier molecular flexibility index (Phi) is 3.38. The van der Waals surface area contributed by atoms with Crippen molar-refractivity contribution in [2.45, 2.75) is 38.0 Å². The number of hydrogen-bond acceptors (Lipinski definition) is 2. The van der Waals surface area contributed by atoms with E-state index in [0.29, 0.717) is 11.5 Å². The van der Waals surface area contributed by atoms with Crippen molar-refractivity contribution in [1.29, 1.82) is 0 Å². The molecule has 3 heteroatoms. The number of aliphatic hydroxyl groups excluding tert-OH is 1. The molecular weight excluding hydrogens is 238 g/mol. The summed E-state index contributed by atoms with van der Waals surface area (Å²) in [6, 6.07) is 5.68. The molecule has 19 heavy (non-hydrogen) atoms. The fourth-order valence-electron chi connectivity index (χ4n) is 3.16. The van der Waals surface area contributed by atoms with Crippen molar-refractivity contribution in [3.8, 4) is 0 Å². The van der Waals surface area contributed by atoms with Gasteiger partial charge in [-0.1, -0.05) is 31.4 Å². The number of nitrogens with one attached hydrogen (secondary N) is 1. The smallest absolute Gasteiger partial charge is 0.188 e. The summed E-state index contributed by atoms with van der Waals surface area (Å²) in [5.74, 6) is 0.428. The van der Waals surface area contributed by atoms with Gasteiger partial charge in [-0.3, -0.25) is 4.79 Å². The Labute approximate surface area is 112 Å². The van der Waals surface area contributed by atoms with E-state index in [1.54, 1.807) is 0 Å². The minimum atomic E-state index is -0.429. The van der Waals surface area contributed by atoms with Crippen molar-refractivity contribution in [3.63, 3.8) is 0 Å². The van der Waals surface area contributed by atoms with Crippen molar-refractivity contribution in [1.82, 2.24) is 4.98 Å². The average Bonchev–Trinajstić information content (AvgIpc) is 2.90. The second kappa shape index (κ2) is 5.17. The molecule has 0 aliphatic heterocycles. The number of H-pyrrole nitrogens is 1. The average molecular weight is 257 g/mol. The number of rotatable bonds is 3. The summed E-state index contributed by atoms with van der Waals surface area (Å²) >= 11 is 0. The van der Waals surface area contributed by atoms with Crippen molar-refractivity contribution >= 4 is 16.7 Å². The quantitative estimate of drug-likeness (QED) is 0.828. The summed E-state index contributed by atoms with van der Waals surface area (Å²) < 4.78 is 0. The summed E-state index contributed by atoms with van der Waals surface area (Å²) in [6.07, 6.45) is 8.62. The normalized spacial score (nSPS) is 16.9. The van der Waals surface area contributed by atoms with Crippen molar-refractivity contribution in [2.24, 2.45) is 0 Å². The van der Waals surface area contributed by atoms with Gasteiger partial charge in [0.15, 0.2) is 5.78 Å². The molecule has 1 saturated carbocycles. The minimum absolute atomic E-state index is 0.226. The fourth-order valence-corrected chi connectivity index (χ4v) is 3.16. The van der Waals surface area contributed by atoms with Crippen molar-refractivity contribution in [2.75, 3.05) is 6.61 Å². The van der Waals surface area contributed by atoms with Gasteiger partial charge in [-0.25, -0.2) is 0 Å². The first-order chi connectivity index (χ1) is 9.29. The highest BCUT2D eigenvalue weighted by atomic mass is 16.3. The first-order valence-corrected chi connectivity index (χ1v) is 7.04. The lowest BCUT2D eigenvalue weighted by Crippen LogP contribution is -2.04. The Hall–Kier alpha value is -1.61. The molecule has 0 atom stereocenters. The standard InChI is InChI=1S/C16H19NO2/c18-10-16(19)12-6-7-13-14(9-17-15(13)8-12)11-4-2-1-3-5-11/h6-9,11,17-18H,1-5,10H2. The van der Waals surface area contributed by atoms with Crippen molar-refractivity contribution in [3.05, 3.63) is 35.5 Å². The number of ketones is 1. The number of carbonyl (C=O) groups excluding carboxylic acids is 1. The van der Waals surface area contributed by atoms with Gasteiger partial charge in [0.2, 0.25) is 0 Å². The molecule has 3 rings (SSSR count). The molecular formula is C16H19NO2. The van der Waals surface area contributed by atoms with Crippen LogP contribution < -0.4 is 0 Å². The molecule has 0 spiro atoms. The lowest BCUT2D eigenvalue weighted by atomic mass is 9.84. The predicted octanol–water partition coefficient (Wildman–Crippen LogP) is 3.39. The SMILES string of the molecule is O=C(CO)c1ccc2c(C3CCCCC3)c[nH]c2c1. The van der Waals surface area contributed by atoms with Gasteiger partial charge < -0.3 is 10.1 Å². The summed E-state index contributed by atoms with van der Waals surface area (Å²) in [4.78, 5) is 14.8. The molecule has 100 valence electrons. The van der Waals surface area contributed by atoms with Crippen LogP contribution in [0.5, 0.6) is 0 Å². The molecule has 3 nitrogen and oxygen atoms in total. The van der Waals surface area contributed by atoms with Crippen LogP contribution >= 0.6 is 0 Å². The highest BCUT2D eigenvalue weighted by Gasteiger charge is 2.19. The molecule has 1 aromatic heterocycles. The number of fused-ring (bicyclic) bond motifs is 1. The van der Waals surface area contributed by atoms with Gasteiger partial charge >= 0.3 is 0 Å². The van der Waals surface area contributed by atoms with Gasteiger partial charge in [0, 0.05) is 22.7 Å². The summed E-state index contributed by atoms with van der Waals surface area (Å²) in [5.41, 5.74) is 2.96. The molecule has 0 radical (unpaired) electrons. The Morgan fingerprint density at radius 3 is 2.79 bits per heavy atom. The molecule has 1 aliphatic rings. The number of hydrogen-bond donors (Lipinski definition) is 2. The van der Waals surface area contributed by atoms with Crippen LogP contribution in [0.2, 0.25) is 0 Å². The first kappa shape index (κ1) is 12.4. The zero-order valence-electron chi connectivity index (χ0n) is 11.0. The molecule has 1 heterocycles. The largest absolute Gasteiger partial charge is 0.388 e. The Bertz CT molecular complexity index is 594. The number of benzene rings is 1. The van der Waals surface area contributed by atoms with Gasteiger partial charge in [-0.05, 0) is 30.4 Å². The predicted molar refractivity (Wildman–Crippen MR) is 75.5 cm³/mol. The number of Topliss-reactive ketones (excluding diaryl/α,β-unsaturated/α-hetero) is 1. The monoisotopic (exact) mass is 257 g/mol. The van der Waals surface area contributed by atoms with E-state index in [0.717, 1.165) is 5.52 Å². The van der Waals surface area contributed by atoms with Gasteiger partial charge in [0.05, 0.1) is 0 Å².